The molecule has 162 valence electrons. The first kappa shape index (κ1) is 22.3. The molecule has 0 heterocycles. The number of nitrogens with zero attached hydrogens (tertiary/aromatic N) is 1. The number of carbonyl (C=O) groups is 1. The van der Waals surface area contributed by atoms with E-state index in [1.807, 2.05) is 24.3 Å². The van der Waals surface area contributed by atoms with Crippen molar-refractivity contribution in [3.8, 4) is 0 Å². The van der Waals surface area contributed by atoms with E-state index in [1.54, 1.807) is 0 Å². The average Bonchev–Trinajstić information content (AvgIpc) is 2.77. The summed E-state index contributed by atoms with van der Waals surface area (Å²) in [5.74, 6) is -1.03. The maximum absolute atomic E-state index is 13.7. The number of hydrogen-bond donors (Lipinski definition) is 2. The Kier molecular flexibility index (Phi) is 6.91. The van der Waals surface area contributed by atoms with Crippen molar-refractivity contribution in [3.05, 3.63) is 84.2 Å². The molecule has 3 aromatic rings. The molecule has 8 heteroatoms. The van der Waals surface area contributed by atoms with Gasteiger partial charge in [-0.25, -0.2) is 12.8 Å². The molecule has 0 aliphatic rings. The van der Waals surface area contributed by atoms with Crippen molar-refractivity contribution >= 4 is 33.0 Å². The minimum Gasteiger partial charge on any atom is -0.372 e. The number of anilines is 3. The summed E-state index contributed by atoms with van der Waals surface area (Å²) in [5.41, 5.74) is 1.87. The van der Waals surface area contributed by atoms with Gasteiger partial charge in [0.2, 0.25) is 0 Å². The fourth-order valence-electron chi connectivity index (χ4n) is 3.08. The van der Waals surface area contributed by atoms with E-state index >= 15 is 0 Å². The van der Waals surface area contributed by atoms with Crippen LogP contribution in [-0.2, 0) is 10.0 Å². The van der Waals surface area contributed by atoms with Gasteiger partial charge in [-0.05, 0) is 74.5 Å². The zero-order chi connectivity index (χ0) is 22.4. The Morgan fingerprint density at radius 3 is 2.10 bits per heavy atom. The smallest absolute Gasteiger partial charge is 0.261 e. The van der Waals surface area contributed by atoms with E-state index in [4.69, 9.17) is 0 Å². The number of halogens is 1. The molecule has 0 saturated carbocycles. The summed E-state index contributed by atoms with van der Waals surface area (Å²) >= 11 is 0. The predicted molar refractivity (Wildman–Crippen MR) is 122 cm³/mol. The Morgan fingerprint density at radius 1 is 0.903 bits per heavy atom. The number of benzene rings is 3. The molecule has 0 aliphatic heterocycles. The standard InChI is InChI=1S/C23H24FN3O3S/c1-3-27(4-2)19-13-11-18(12-14-19)25-23(28)17-9-15-20(16-10-17)31(29,30)26-22-8-6-5-7-21(22)24/h5-16,26H,3-4H2,1-2H3,(H,25,28). The molecule has 0 radical (unpaired) electrons. The van der Waals surface area contributed by atoms with Crippen LogP contribution >= 0.6 is 0 Å². The number of nitrogens with one attached hydrogen (secondary N) is 2. The van der Waals surface area contributed by atoms with Crippen molar-refractivity contribution in [2.75, 3.05) is 28.0 Å². The number of carbonyl (C=O) groups excluding carboxylic acids is 1. The van der Waals surface area contributed by atoms with Crippen LogP contribution in [0.1, 0.15) is 24.2 Å². The van der Waals surface area contributed by atoms with Gasteiger partial charge in [0.15, 0.2) is 0 Å². The lowest BCUT2D eigenvalue weighted by Gasteiger charge is -2.21. The van der Waals surface area contributed by atoms with Gasteiger partial charge in [0.1, 0.15) is 5.82 Å². The first-order valence-corrected chi connectivity index (χ1v) is 11.4. The van der Waals surface area contributed by atoms with Gasteiger partial charge in [0.05, 0.1) is 10.6 Å². The number of amides is 1. The third-order valence-corrected chi connectivity index (χ3v) is 6.18. The number of hydrogen-bond acceptors (Lipinski definition) is 4. The van der Waals surface area contributed by atoms with E-state index in [1.165, 1.54) is 48.5 Å². The molecule has 0 aromatic heterocycles. The van der Waals surface area contributed by atoms with Crippen molar-refractivity contribution in [2.45, 2.75) is 18.7 Å². The summed E-state index contributed by atoms with van der Waals surface area (Å²) in [4.78, 5) is 14.6. The van der Waals surface area contributed by atoms with Crippen molar-refractivity contribution in [3.63, 3.8) is 0 Å². The Morgan fingerprint density at radius 2 is 1.52 bits per heavy atom. The zero-order valence-corrected chi connectivity index (χ0v) is 18.1. The highest BCUT2D eigenvalue weighted by molar-refractivity contribution is 7.92. The highest BCUT2D eigenvalue weighted by atomic mass is 32.2. The van der Waals surface area contributed by atoms with E-state index in [0.29, 0.717) is 11.3 Å². The van der Waals surface area contributed by atoms with Crippen LogP contribution in [-0.4, -0.2) is 27.4 Å². The lowest BCUT2D eigenvalue weighted by Crippen LogP contribution is -2.21. The number of sulfonamides is 1. The van der Waals surface area contributed by atoms with Crippen molar-refractivity contribution < 1.29 is 17.6 Å². The maximum Gasteiger partial charge on any atom is 0.261 e. The topological polar surface area (TPSA) is 78.5 Å². The lowest BCUT2D eigenvalue weighted by molar-refractivity contribution is 0.102. The van der Waals surface area contributed by atoms with Crippen molar-refractivity contribution in [1.82, 2.24) is 0 Å². The number of rotatable bonds is 8. The summed E-state index contributed by atoms with van der Waals surface area (Å²) in [6.07, 6.45) is 0. The molecule has 0 bridgehead atoms. The van der Waals surface area contributed by atoms with Crippen LogP contribution in [0.25, 0.3) is 0 Å². The van der Waals surface area contributed by atoms with Crippen LogP contribution in [0.2, 0.25) is 0 Å². The van der Waals surface area contributed by atoms with Gasteiger partial charge in [-0.1, -0.05) is 12.1 Å². The largest absolute Gasteiger partial charge is 0.372 e. The minimum absolute atomic E-state index is 0.0733. The molecule has 1 amide bonds. The fraction of sp³-hybridized carbons (Fsp3) is 0.174. The molecule has 2 N–H and O–H groups in total. The van der Waals surface area contributed by atoms with Gasteiger partial charge in [-0.2, -0.15) is 0 Å². The summed E-state index contributed by atoms with van der Waals surface area (Å²) in [6, 6.07) is 18.5. The molecule has 0 spiro atoms. The van der Waals surface area contributed by atoms with Crippen molar-refractivity contribution in [2.24, 2.45) is 0 Å². The van der Waals surface area contributed by atoms with Crippen LogP contribution in [0, 0.1) is 5.82 Å². The molecular formula is C23H24FN3O3S. The molecule has 0 saturated heterocycles. The SMILES string of the molecule is CCN(CC)c1ccc(NC(=O)c2ccc(S(=O)(=O)Nc3ccccc3F)cc2)cc1. The number of para-hydroxylation sites is 1. The zero-order valence-electron chi connectivity index (χ0n) is 17.3. The van der Waals surface area contributed by atoms with Crippen molar-refractivity contribution in [1.29, 1.82) is 0 Å². The van der Waals surface area contributed by atoms with E-state index in [0.717, 1.165) is 18.8 Å². The summed E-state index contributed by atoms with van der Waals surface area (Å²) in [5, 5.41) is 2.79. The summed E-state index contributed by atoms with van der Waals surface area (Å²) in [6.45, 7) is 5.94. The Bertz CT molecular complexity index is 1140. The van der Waals surface area contributed by atoms with Crippen LogP contribution in [0.5, 0.6) is 0 Å². The molecule has 0 fully saturated rings. The summed E-state index contributed by atoms with van der Waals surface area (Å²) in [7, 11) is -3.98. The molecule has 6 nitrogen and oxygen atoms in total. The molecule has 31 heavy (non-hydrogen) atoms. The summed E-state index contributed by atoms with van der Waals surface area (Å²) < 4.78 is 40.9. The van der Waals surface area contributed by atoms with Crippen LogP contribution in [0.4, 0.5) is 21.5 Å². The first-order valence-electron chi connectivity index (χ1n) is 9.88. The molecular weight excluding hydrogens is 417 g/mol. The third kappa shape index (κ3) is 5.40. The molecule has 3 aromatic carbocycles. The fourth-order valence-corrected chi connectivity index (χ4v) is 4.15. The Balaban J connectivity index is 1.69. The monoisotopic (exact) mass is 441 g/mol. The molecule has 0 atom stereocenters. The minimum atomic E-state index is -3.98. The highest BCUT2D eigenvalue weighted by Crippen LogP contribution is 2.21. The second-order valence-electron chi connectivity index (χ2n) is 6.78. The van der Waals surface area contributed by atoms with Gasteiger partial charge >= 0.3 is 0 Å². The predicted octanol–water partition coefficient (Wildman–Crippen LogP) is 4.73. The molecule has 3 rings (SSSR count). The van der Waals surface area contributed by atoms with E-state index in [2.05, 4.69) is 28.8 Å². The Labute approximate surface area is 181 Å². The maximum atomic E-state index is 13.7. The quantitative estimate of drug-likeness (QED) is 0.530. The van der Waals surface area contributed by atoms with E-state index in [-0.39, 0.29) is 16.5 Å². The van der Waals surface area contributed by atoms with Gasteiger partial charge in [-0.3, -0.25) is 9.52 Å². The lowest BCUT2D eigenvalue weighted by atomic mass is 10.2. The molecule has 0 unspecified atom stereocenters. The van der Waals surface area contributed by atoms with Gasteiger partial charge in [0.25, 0.3) is 15.9 Å². The van der Waals surface area contributed by atoms with Crippen LogP contribution in [0.3, 0.4) is 0 Å². The Hall–Kier alpha value is -3.39. The van der Waals surface area contributed by atoms with E-state index in [9.17, 15) is 17.6 Å². The average molecular weight is 442 g/mol. The second kappa shape index (κ2) is 9.61. The van der Waals surface area contributed by atoms with Gasteiger partial charge < -0.3 is 10.2 Å². The van der Waals surface area contributed by atoms with Gasteiger partial charge in [-0.15, -0.1) is 0 Å². The van der Waals surface area contributed by atoms with Gasteiger partial charge in [0, 0.05) is 30.0 Å². The van der Waals surface area contributed by atoms with Crippen LogP contribution < -0.4 is 14.9 Å². The second-order valence-corrected chi connectivity index (χ2v) is 8.47. The third-order valence-electron chi connectivity index (χ3n) is 4.80. The highest BCUT2D eigenvalue weighted by Gasteiger charge is 2.17. The molecule has 0 aliphatic carbocycles. The normalized spacial score (nSPS) is 11.1. The van der Waals surface area contributed by atoms with Crippen LogP contribution in [0.15, 0.2) is 77.7 Å². The van der Waals surface area contributed by atoms with E-state index < -0.39 is 15.8 Å². The first-order chi connectivity index (χ1) is 14.8.